The summed E-state index contributed by atoms with van der Waals surface area (Å²) < 4.78 is 6.64. The molecule has 1 aromatic heterocycles. The van der Waals surface area contributed by atoms with Gasteiger partial charge in [-0.05, 0) is 42.9 Å². The van der Waals surface area contributed by atoms with E-state index in [-0.39, 0.29) is 11.2 Å². The first kappa shape index (κ1) is 23.9. The van der Waals surface area contributed by atoms with Gasteiger partial charge in [0.25, 0.3) is 0 Å². The van der Waals surface area contributed by atoms with Crippen LogP contribution in [-0.2, 0) is 11.8 Å². The minimum absolute atomic E-state index is 0.0655. The van der Waals surface area contributed by atoms with Gasteiger partial charge >= 0.3 is 0 Å². The van der Waals surface area contributed by atoms with Crippen LogP contribution in [0.2, 0.25) is 0 Å². The van der Waals surface area contributed by atoms with E-state index in [1.807, 2.05) is 48.5 Å². The molecule has 3 nitrogen and oxygen atoms in total. The molecule has 0 atom stereocenters. The number of carbonyl (C=O) groups excluding carboxylic acids is 1. The molecule has 0 spiro atoms. The lowest BCUT2D eigenvalue weighted by Crippen LogP contribution is -2.25. The maximum absolute atomic E-state index is 13.5. The van der Waals surface area contributed by atoms with Crippen molar-refractivity contribution in [2.24, 2.45) is 0 Å². The van der Waals surface area contributed by atoms with Gasteiger partial charge in [0.15, 0.2) is 5.78 Å². The summed E-state index contributed by atoms with van der Waals surface area (Å²) >= 11 is 0. The van der Waals surface area contributed by atoms with Crippen LogP contribution in [0.3, 0.4) is 0 Å². The molecule has 0 radical (unpaired) electrons. The maximum Gasteiger partial charge on any atom is 0.204 e. The molecule has 5 rings (SSSR count). The Hall–Kier alpha value is -3.85. The number of benzene rings is 3. The fraction of sp³-hybridized carbons (Fsp3) is 0.242. The SMILES string of the molecule is Cc1c(-c2ccccc2)oc2c1CC/C=C(/C(=O)c1ccccc1)CN2c1ccc(C(C)(C)C)cc1. The molecule has 3 aromatic carbocycles. The maximum atomic E-state index is 13.5. The zero-order valence-electron chi connectivity index (χ0n) is 21.5. The summed E-state index contributed by atoms with van der Waals surface area (Å²) in [6.07, 6.45) is 3.73. The van der Waals surface area contributed by atoms with Crippen LogP contribution >= 0.6 is 0 Å². The number of carbonyl (C=O) groups is 1. The molecule has 0 saturated heterocycles. The van der Waals surface area contributed by atoms with Crippen molar-refractivity contribution < 1.29 is 9.21 Å². The van der Waals surface area contributed by atoms with Crippen LogP contribution in [0.5, 0.6) is 0 Å². The Morgan fingerprint density at radius 2 is 1.50 bits per heavy atom. The molecule has 0 saturated carbocycles. The summed E-state index contributed by atoms with van der Waals surface area (Å²) in [5.41, 5.74) is 7.31. The van der Waals surface area contributed by atoms with Crippen molar-refractivity contribution in [3.63, 3.8) is 0 Å². The average Bonchev–Trinajstić information content (AvgIpc) is 3.19. The van der Waals surface area contributed by atoms with Crippen LogP contribution in [0.25, 0.3) is 11.3 Å². The Morgan fingerprint density at radius 1 is 0.861 bits per heavy atom. The van der Waals surface area contributed by atoms with Crippen LogP contribution in [-0.4, -0.2) is 12.3 Å². The number of fused-ring (bicyclic) bond motifs is 1. The van der Waals surface area contributed by atoms with Crippen molar-refractivity contribution in [2.45, 2.75) is 46.0 Å². The van der Waals surface area contributed by atoms with Gasteiger partial charge in [0.05, 0.1) is 6.54 Å². The van der Waals surface area contributed by atoms with Crippen molar-refractivity contribution in [2.75, 3.05) is 11.4 Å². The van der Waals surface area contributed by atoms with Gasteiger partial charge in [-0.15, -0.1) is 0 Å². The third-order valence-corrected chi connectivity index (χ3v) is 7.02. The number of rotatable bonds is 4. The summed E-state index contributed by atoms with van der Waals surface area (Å²) in [6.45, 7) is 9.26. The Labute approximate surface area is 214 Å². The number of hydrogen-bond donors (Lipinski definition) is 0. The van der Waals surface area contributed by atoms with Gasteiger partial charge in [0.2, 0.25) is 5.88 Å². The molecule has 182 valence electrons. The lowest BCUT2D eigenvalue weighted by Gasteiger charge is -2.27. The van der Waals surface area contributed by atoms with E-state index in [0.717, 1.165) is 41.3 Å². The van der Waals surface area contributed by atoms with Crippen molar-refractivity contribution in [3.05, 3.63) is 119 Å². The highest BCUT2D eigenvalue weighted by molar-refractivity contribution is 6.09. The molecular formula is C33H33NO2. The largest absolute Gasteiger partial charge is 0.440 e. The number of allylic oxidation sites excluding steroid dienone is 1. The quantitative estimate of drug-likeness (QED) is 0.278. The van der Waals surface area contributed by atoms with E-state index in [2.05, 4.69) is 75.1 Å². The van der Waals surface area contributed by atoms with E-state index < -0.39 is 0 Å². The molecule has 4 aromatic rings. The fourth-order valence-corrected chi connectivity index (χ4v) is 4.90. The van der Waals surface area contributed by atoms with E-state index in [4.69, 9.17) is 4.42 Å². The predicted octanol–water partition coefficient (Wildman–Crippen LogP) is 8.45. The Bertz CT molecular complexity index is 1390. The third-order valence-electron chi connectivity index (χ3n) is 7.02. The normalized spacial score (nSPS) is 15.4. The highest BCUT2D eigenvalue weighted by Gasteiger charge is 2.28. The number of ketones is 1. The molecular weight excluding hydrogens is 442 g/mol. The minimum atomic E-state index is 0.0655. The van der Waals surface area contributed by atoms with Gasteiger partial charge in [-0.25, -0.2) is 0 Å². The van der Waals surface area contributed by atoms with Gasteiger partial charge in [-0.3, -0.25) is 4.79 Å². The van der Waals surface area contributed by atoms with Crippen molar-refractivity contribution >= 4 is 17.4 Å². The molecule has 0 bridgehead atoms. The van der Waals surface area contributed by atoms with Crippen LogP contribution in [0.1, 0.15) is 54.2 Å². The molecule has 0 unspecified atom stereocenters. The molecule has 1 aliphatic heterocycles. The van der Waals surface area contributed by atoms with Gasteiger partial charge < -0.3 is 9.32 Å². The Morgan fingerprint density at radius 3 is 2.14 bits per heavy atom. The smallest absolute Gasteiger partial charge is 0.204 e. The lowest BCUT2D eigenvalue weighted by atomic mass is 9.87. The number of furan rings is 1. The third kappa shape index (κ3) is 4.66. The summed E-state index contributed by atoms with van der Waals surface area (Å²) in [4.78, 5) is 15.7. The lowest BCUT2D eigenvalue weighted by molar-refractivity contribution is 0.103. The van der Waals surface area contributed by atoms with Crippen LogP contribution in [0.4, 0.5) is 11.6 Å². The first-order chi connectivity index (χ1) is 17.3. The van der Waals surface area contributed by atoms with Crippen LogP contribution < -0.4 is 4.90 Å². The van der Waals surface area contributed by atoms with E-state index in [1.165, 1.54) is 16.7 Å². The first-order valence-electron chi connectivity index (χ1n) is 12.7. The van der Waals surface area contributed by atoms with Gasteiger partial charge in [-0.2, -0.15) is 0 Å². The molecule has 3 heteroatoms. The minimum Gasteiger partial charge on any atom is -0.440 e. The second-order valence-corrected chi connectivity index (χ2v) is 10.6. The Kier molecular flexibility index (Phi) is 6.40. The Balaban J connectivity index is 1.61. The van der Waals surface area contributed by atoms with Gasteiger partial charge in [0, 0.05) is 33.5 Å². The van der Waals surface area contributed by atoms with Crippen molar-refractivity contribution in [3.8, 4) is 11.3 Å². The van der Waals surface area contributed by atoms with E-state index >= 15 is 0 Å². The number of nitrogens with zero attached hydrogens (tertiary/aromatic N) is 1. The monoisotopic (exact) mass is 475 g/mol. The number of hydrogen-bond acceptors (Lipinski definition) is 3. The highest BCUT2D eigenvalue weighted by atomic mass is 16.4. The standard InChI is InChI=1S/C33H33NO2/c1-23-29-17-11-16-26(30(35)24-12-7-5-8-13-24)22-34(28-20-18-27(19-21-28)33(2,3)4)32(29)36-31(23)25-14-9-6-10-15-25/h5-10,12-16,18-21H,11,17,22H2,1-4H3/b26-16+. The number of Topliss-reactive ketones (excluding diaryl/α,β-unsaturated/α-hetero) is 1. The molecule has 2 heterocycles. The summed E-state index contributed by atoms with van der Waals surface area (Å²) in [5.74, 6) is 1.80. The summed E-state index contributed by atoms with van der Waals surface area (Å²) in [6, 6.07) is 28.5. The summed E-state index contributed by atoms with van der Waals surface area (Å²) in [5, 5.41) is 0. The van der Waals surface area contributed by atoms with Crippen LogP contribution in [0.15, 0.2) is 101 Å². The fourth-order valence-electron chi connectivity index (χ4n) is 4.90. The second-order valence-electron chi connectivity index (χ2n) is 10.6. The van der Waals surface area contributed by atoms with Crippen molar-refractivity contribution in [1.82, 2.24) is 0 Å². The van der Waals surface area contributed by atoms with Gasteiger partial charge in [0.1, 0.15) is 5.76 Å². The zero-order valence-corrected chi connectivity index (χ0v) is 21.5. The van der Waals surface area contributed by atoms with Crippen LogP contribution in [0, 0.1) is 6.92 Å². The molecule has 1 aliphatic rings. The predicted molar refractivity (Wildman–Crippen MR) is 148 cm³/mol. The van der Waals surface area contributed by atoms with Gasteiger partial charge in [-0.1, -0.05) is 99.6 Å². The first-order valence-corrected chi connectivity index (χ1v) is 12.7. The average molecular weight is 476 g/mol. The van der Waals surface area contributed by atoms with Crippen molar-refractivity contribution in [1.29, 1.82) is 0 Å². The number of anilines is 2. The topological polar surface area (TPSA) is 33.5 Å². The second kappa shape index (κ2) is 9.66. The molecule has 0 amide bonds. The molecule has 0 fully saturated rings. The molecule has 0 aliphatic carbocycles. The highest BCUT2D eigenvalue weighted by Crippen LogP contribution is 2.41. The molecule has 36 heavy (non-hydrogen) atoms. The van der Waals surface area contributed by atoms with E-state index in [1.54, 1.807) is 0 Å². The van der Waals surface area contributed by atoms with E-state index in [9.17, 15) is 4.79 Å². The van der Waals surface area contributed by atoms with E-state index in [0.29, 0.717) is 12.1 Å². The molecule has 0 N–H and O–H groups in total. The zero-order chi connectivity index (χ0) is 25.3. The summed E-state index contributed by atoms with van der Waals surface area (Å²) in [7, 11) is 0.